The number of rotatable bonds is 2. The lowest BCUT2D eigenvalue weighted by Gasteiger charge is -2.22. The van der Waals surface area contributed by atoms with E-state index in [2.05, 4.69) is 0 Å². The Morgan fingerprint density at radius 3 is 2.29 bits per heavy atom. The van der Waals surface area contributed by atoms with Crippen LogP contribution in [0.1, 0.15) is 5.56 Å². The van der Waals surface area contributed by atoms with E-state index < -0.39 is 0 Å². The summed E-state index contributed by atoms with van der Waals surface area (Å²) < 4.78 is 0. The molecule has 5 radical (unpaired) electrons. The highest BCUT2D eigenvalue weighted by molar-refractivity contribution is 6.62. The molecule has 0 unspecified atom stereocenters. The van der Waals surface area contributed by atoms with Gasteiger partial charge in [-0.1, -0.05) is 28.8 Å². The molecular weight excluding hydrogens is 167 g/mol. The smallest absolute Gasteiger partial charge is 0.147 e. The number of hydrogen-bond donors (Lipinski definition) is 0. The van der Waals surface area contributed by atoms with E-state index in [-0.39, 0.29) is 0 Å². The minimum Gasteiger partial charge on any atom is -0.378 e. The maximum absolute atomic E-state index is 6.04. The second kappa shape index (κ2) is 4.16. The first kappa shape index (κ1) is 11.3. The van der Waals surface area contributed by atoms with Crippen LogP contribution in [0, 0.1) is 6.92 Å². The van der Waals surface area contributed by atoms with Gasteiger partial charge in [-0.2, -0.15) is 0 Å². The van der Waals surface area contributed by atoms with Gasteiger partial charge in [0, 0.05) is 19.8 Å². The molecular formula is C10H13B3N. The van der Waals surface area contributed by atoms with Crippen molar-refractivity contribution in [1.29, 1.82) is 0 Å². The Labute approximate surface area is 89.9 Å². The van der Waals surface area contributed by atoms with Crippen LogP contribution >= 0.6 is 0 Å². The van der Waals surface area contributed by atoms with Crippen molar-refractivity contribution in [2.45, 2.75) is 13.7 Å². The predicted octanol–water partition coefficient (Wildman–Crippen LogP) is -0.974. The third-order valence-electron chi connectivity index (χ3n) is 2.47. The van der Waals surface area contributed by atoms with E-state index in [0.717, 1.165) is 27.6 Å². The summed E-state index contributed by atoms with van der Waals surface area (Å²) >= 11 is 0. The highest BCUT2D eigenvalue weighted by Gasteiger charge is 2.09. The van der Waals surface area contributed by atoms with Crippen LogP contribution in [0.5, 0.6) is 0 Å². The Morgan fingerprint density at radius 2 is 1.86 bits per heavy atom. The van der Waals surface area contributed by atoms with Gasteiger partial charge in [0.25, 0.3) is 0 Å². The van der Waals surface area contributed by atoms with Crippen molar-refractivity contribution in [2.24, 2.45) is 0 Å². The summed E-state index contributed by atoms with van der Waals surface area (Å²) in [6.45, 7) is 3.96. The van der Waals surface area contributed by atoms with E-state index in [1.807, 2.05) is 46.1 Å². The molecule has 4 heteroatoms. The standard InChI is InChI=1S/C10H13B3N/c1-6-7(11)5-8(14(3)4)9(12)10(6)13-2/h5H,1-4H3. The van der Waals surface area contributed by atoms with Crippen LogP contribution in [-0.4, -0.2) is 37.1 Å². The lowest BCUT2D eigenvalue weighted by molar-refractivity contribution is 1.14. The second-order valence-corrected chi connectivity index (χ2v) is 3.62. The predicted molar refractivity (Wildman–Crippen MR) is 67.5 cm³/mol. The molecule has 0 aliphatic carbocycles. The molecule has 1 rings (SSSR count). The molecule has 0 saturated carbocycles. The Kier molecular flexibility index (Phi) is 3.36. The summed E-state index contributed by atoms with van der Waals surface area (Å²) in [5.74, 6) is 0. The molecule has 1 nitrogen and oxygen atoms in total. The Morgan fingerprint density at radius 1 is 1.29 bits per heavy atom. The highest BCUT2D eigenvalue weighted by atomic mass is 15.1. The number of hydrogen-bond acceptors (Lipinski definition) is 1. The molecule has 1 aromatic rings. The van der Waals surface area contributed by atoms with Crippen molar-refractivity contribution in [2.75, 3.05) is 19.0 Å². The zero-order valence-corrected chi connectivity index (χ0v) is 9.26. The number of anilines is 1. The molecule has 0 spiro atoms. The van der Waals surface area contributed by atoms with E-state index in [0.29, 0.717) is 0 Å². The fourth-order valence-corrected chi connectivity index (χ4v) is 1.57. The molecule has 0 fully saturated rings. The van der Waals surface area contributed by atoms with Crippen LogP contribution in [0.15, 0.2) is 6.07 Å². The van der Waals surface area contributed by atoms with Crippen LogP contribution < -0.4 is 21.3 Å². The van der Waals surface area contributed by atoms with Crippen LogP contribution in [-0.2, 0) is 0 Å². The first-order chi connectivity index (χ1) is 6.49. The van der Waals surface area contributed by atoms with Gasteiger partial charge in [0.1, 0.15) is 23.0 Å². The molecule has 67 valence electrons. The average Bonchev–Trinajstić information content (AvgIpc) is 2.12. The monoisotopic (exact) mass is 180 g/mol. The maximum atomic E-state index is 6.04. The molecule has 1 aromatic carbocycles. The van der Waals surface area contributed by atoms with Crippen molar-refractivity contribution >= 4 is 45.0 Å². The van der Waals surface area contributed by atoms with Crippen molar-refractivity contribution in [3.8, 4) is 0 Å². The van der Waals surface area contributed by atoms with Crippen LogP contribution in [0.25, 0.3) is 0 Å². The van der Waals surface area contributed by atoms with Gasteiger partial charge in [-0.3, -0.25) is 0 Å². The average molecular weight is 180 g/mol. The van der Waals surface area contributed by atoms with Gasteiger partial charge in [0.2, 0.25) is 0 Å². The molecule has 0 aromatic heterocycles. The van der Waals surface area contributed by atoms with Crippen LogP contribution in [0.3, 0.4) is 0 Å². The molecule has 14 heavy (non-hydrogen) atoms. The topological polar surface area (TPSA) is 3.24 Å². The SMILES string of the molecule is [B]c1cc(N(C)C)c([B])c([B]C)c1C. The number of benzene rings is 1. The van der Waals surface area contributed by atoms with E-state index in [9.17, 15) is 0 Å². The van der Waals surface area contributed by atoms with Gasteiger partial charge in [-0.05, 0) is 13.0 Å². The minimum atomic E-state index is 0.788. The molecule has 0 amide bonds. The fraction of sp³-hybridized carbons (Fsp3) is 0.400. The summed E-state index contributed by atoms with van der Waals surface area (Å²) in [7, 11) is 17.8. The maximum Gasteiger partial charge on any atom is 0.147 e. The van der Waals surface area contributed by atoms with E-state index in [4.69, 9.17) is 15.7 Å². The molecule has 0 N–H and O–H groups in total. The quantitative estimate of drug-likeness (QED) is 0.528. The highest BCUT2D eigenvalue weighted by Crippen LogP contribution is 2.04. The molecule has 0 heterocycles. The molecule has 0 aliphatic rings. The zero-order chi connectivity index (χ0) is 10.9. The summed E-state index contributed by atoms with van der Waals surface area (Å²) in [4.78, 5) is 1.97. The summed E-state index contributed by atoms with van der Waals surface area (Å²) in [6.07, 6.45) is 0. The van der Waals surface area contributed by atoms with E-state index in [1.54, 1.807) is 0 Å². The van der Waals surface area contributed by atoms with E-state index >= 15 is 0 Å². The van der Waals surface area contributed by atoms with Crippen molar-refractivity contribution in [1.82, 2.24) is 0 Å². The Balaban J connectivity index is 3.42. The van der Waals surface area contributed by atoms with Crippen molar-refractivity contribution < 1.29 is 0 Å². The second-order valence-electron chi connectivity index (χ2n) is 3.62. The summed E-state index contributed by atoms with van der Waals surface area (Å²) in [5.41, 5.74) is 4.64. The number of nitrogens with zero attached hydrogens (tertiary/aromatic N) is 1. The van der Waals surface area contributed by atoms with Crippen molar-refractivity contribution in [3.63, 3.8) is 0 Å². The van der Waals surface area contributed by atoms with Gasteiger partial charge in [0.05, 0.1) is 0 Å². The van der Waals surface area contributed by atoms with Crippen LogP contribution in [0.2, 0.25) is 6.82 Å². The molecule has 0 aliphatic heterocycles. The van der Waals surface area contributed by atoms with Gasteiger partial charge < -0.3 is 4.90 Å². The molecule has 0 atom stereocenters. The normalized spacial score (nSPS) is 10.0. The largest absolute Gasteiger partial charge is 0.378 e. The van der Waals surface area contributed by atoms with Gasteiger partial charge in [0.15, 0.2) is 0 Å². The Hall–Kier alpha value is -0.785. The third-order valence-corrected chi connectivity index (χ3v) is 2.47. The summed E-state index contributed by atoms with van der Waals surface area (Å²) in [5, 5.41) is 0. The first-order valence-electron chi connectivity index (χ1n) is 4.64. The lowest BCUT2D eigenvalue weighted by atomic mass is 9.62. The Bertz CT molecular complexity index is 348. The van der Waals surface area contributed by atoms with Gasteiger partial charge >= 0.3 is 0 Å². The lowest BCUT2D eigenvalue weighted by Crippen LogP contribution is -2.40. The zero-order valence-electron chi connectivity index (χ0n) is 9.26. The minimum absolute atomic E-state index is 0.788. The van der Waals surface area contributed by atoms with Crippen LogP contribution in [0.4, 0.5) is 5.69 Å². The van der Waals surface area contributed by atoms with Gasteiger partial charge in [-0.15, -0.1) is 0 Å². The van der Waals surface area contributed by atoms with Crippen molar-refractivity contribution in [3.05, 3.63) is 11.6 Å². The van der Waals surface area contributed by atoms with E-state index in [1.165, 1.54) is 0 Å². The summed E-state index contributed by atoms with van der Waals surface area (Å²) in [6, 6.07) is 1.91. The third kappa shape index (κ3) is 1.84. The van der Waals surface area contributed by atoms with Gasteiger partial charge in [-0.25, -0.2) is 0 Å². The molecule has 0 saturated heterocycles. The first-order valence-corrected chi connectivity index (χ1v) is 4.64. The molecule has 0 bridgehead atoms. The fourth-order valence-electron chi connectivity index (χ4n) is 1.57.